The molecule has 260 valence electrons. The van der Waals surface area contributed by atoms with Crippen molar-refractivity contribution in [2.45, 2.75) is 94.7 Å². The van der Waals surface area contributed by atoms with Crippen LogP contribution in [0.2, 0.25) is 0 Å². The van der Waals surface area contributed by atoms with Gasteiger partial charge >= 0.3 is 0 Å². The summed E-state index contributed by atoms with van der Waals surface area (Å²) in [6.45, 7) is -0.234. The van der Waals surface area contributed by atoms with E-state index in [1.807, 2.05) is 66.7 Å². The molecule has 5 aliphatic carbocycles. The van der Waals surface area contributed by atoms with E-state index in [0.717, 1.165) is 65.3 Å². The van der Waals surface area contributed by atoms with Crippen LogP contribution in [-0.2, 0) is 38.0 Å². The van der Waals surface area contributed by atoms with Crippen molar-refractivity contribution in [2.75, 3.05) is 17.1 Å². The molecule has 9 heteroatoms. The normalized spacial score (nSPS) is 25.2. The smallest absolute Gasteiger partial charge is 0.244 e. The molecule has 5 fully saturated rings. The highest BCUT2D eigenvalue weighted by atomic mass is 79.9. The zero-order chi connectivity index (χ0) is 34.2. The maximum absolute atomic E-state index is 14.6. The number of amides is 2. The fourth-order valence-corrected chi connectivity index (χ4v) is 11.1. The molecule has 0 saturated heterocycles. The van der Waals surface area contributed by atoms with Crippen molar-refractivity contribution >= 4 is 43.5 Å². The Kier molecular flexibility index (Phi) is 9.95. The second-order valence-corrected chi connectivity index (χ2v) is 18.2. The van der Waals surface area contributed by atoms with E-state index < -0.39 is 28.5 Å². The number of nitrogens with zero attached hydrogens (tertiary/aromatic N) is 2. The second kappa shape index (κ2) is 14.2. The third-order valence-electron chi connectivity index (χ3n) is 11.7. The van der Waals surface area contributed by atoms with Crippen LogP contribution in [0, 0.1) is 17.8 Å². The zero-order valence-electron chi connectivity index (χ0n) is 28.4. The highest BCUT2D eigenvalue weighted by Gasteiger charge is 2.51. The van der Waals surface area contributed by atoms with Crippen molar-refractivity contribution in [2.24, 2.45) is 17.8 Å². The van der Waals surface area contributed by atoms with E-state index in [0.29, 0.717) is 12.1 Å². The summed E-state index contributed by atoms with van der Waals surface area (Å²) >= 11 is 3.55. The van der Waals surface area contributed by atoms with Crippen LogP contribution < -0.4 is 9.62 Å². The summed E-state index contributed by atoms with van der Waals surface area (Å²) in [5.41, 5.74) is 3.75. The number of rotatable bonds is 12. The van der Waals surface area contributed by atoms with Crippen molar-refractivity contribution in [3.63, 3.8) is 0 Å². The minimum absolute atomic E-state index is 0.0774. The minimum Gasteiger partial charge on any atom is -0.352 e. The van der Waals surface area contributed by atoms with E-state index in [-0.39, 0.29) is 23.9 Å². The summed E-state index contributed by atoms with van der Waals surface area (Å²) in [5, 5.41) is 3.23. The van der Waals surface area contributed by atoms with Gasteiger partial charge in [-0.1, -0.05) is 83.4 Å². The van der Waals surface area contributed by atoms with Gasteiger partial charge < -0.3 is 10.2 Å². The average Bonchev–Trinajstić information content (AvgIpc) is 3.58. The molecule has 7 nitrogen and oxygen atoms in total. The molecule has 0 spiro atoms. The number of nitrogens with one attached hydrogen (secondary N) is 1. The molecule has 3 aromatic carbocycles. The standard InChI is InChI=1S/C40H48BrN3O4S/c1-49(47,48)44(36-16-14-33(15-17-36)40-23-30-18-31(24-40)20-32(19-30)25-40)27-38(45)43(26-29-10-7-11-34(41)21-29)37(22-28-8-3-2-4-9-28)39(46)42-35-12-5-6-13-35/h2-4,7-11,14-17,21,30-32,35,37H,5-6,12-13,18-20,22-27H2,1H3,(H,42,46)/t30?,31?,32?,37-,40?/m1/s1. The molecule has 1 atom stereocenters. The molecule has 0 aliphatic heterocycles. The van der Waals surface area contributed by atoms with Crippen LogP contribution in [0.3, 0.4) is 0 Å². The Bertz CT molecular complexity index is 1720. The summed E-state index contributed by atoms with van der Waals surface area (Å²) in [7, 11) is -3.83. The maximum atomic E-state index is 14.6. The van der Waals surface area contributed by atoms with E-state index in [9.17, 15) is 18.0 Å². The van der Waals surface area contributed by atoms with Gasteiger partial charge in [0.2, 0.25) is 21.8 Å². The lowest BCUT2D eigenvalue weighted by molar-refractivity contribution is -0.140. The zero-order valence-corrected chi connectivity index (χ0v) is 30.8. The largest absolute Gasteiger partial charge is 0.352 e. The molecule has 3 aromatic rings. The molecule has 0 unspecified atom stereocenters. The number of carbonyl (C=O) groups is 2. The second-order valence-electron chi connectivity index (χ2n) is 15.4. The van der Waals surface area contributed by atoms with Crippen molar-refractivity contribution in [3.05, 3.63) is 100 Å². The third kappa shape index (κ3) is 7.78. The highest BCUT2D eigenvalue weighted by Crippen LogP contribution is 2.60. The van der Waals surface area contributed by atoms with E-state index in [2.05, 4.69) is 33.4 Å². The van der Waals surface area contributed by atoms with Crippen LogP contribution in [0.4, 0.5) is 5.69 Å². The Morgan fingerprint density at radius 2 is 1.47 bits per heavy atom. The SMILES string of the molecule is CS(=O)(=O)N(CC(=O)N(Cc1cccc(Br)c1)[C@H](Cc1ccccc1)C(=O)NC1CCCC1)c1ccc(C23CC4CC(CC(C4)C2)C3)cc1. The van der Waals surface area contributed by atoms with Crippen LogP contribution in [0.5, 0.6) is 0 Å². The van der Waals surface area contributed by atoms with Crippen molar-refractivity contribution in [1.82, 2.24) is 10.2 Å². The molecular formula is C40H48BrN3O4S. The lowest BCUT2D eigenvalue weighted by atomic mass is 9.48. The van der Waals surface area contributed by atoms with Gasteiger partial charge in [-0.15, -0.1) is 0 Å². The molecule has 4 bridgehead atoms. The lowest BCUT2D eigenvalue weighted by Gasteiger charge is -2.57. The molecule has 0 heterocycles. The molecule has 5 saturated carbocycles. The minimum atomic E-state index is -3.83. The van der Waals surface area contributed by atoms with Crippen LogP contribution in [0.1, 0.15) is 80.9 Å². The van der Waals surface area contributed by atoms with Gasteiger partial charge in [-0.3, -0.25) is 13.9 Å². The van der Waals surface area contributed by atoms with Gasteiger partial charge in [0, 0.05) is 23.5 Å². The van der Waals surface area contributed by atoms with Crippen molar-refractivity contribution in [3.8, 4) is 0 Å². The number of benzene rings is 3. The van der Waals surface area contributed by atoms with Crippen LogP contribution in [0.25, 0.3) is 0 Å². The van der Waals surface area contributed by atoms with Gasteiger partial charge in [0.25, 0.3) is 0 Å². The fourth-order valence-electron chi connectivity index (χ4n) is 9.81. The van der Waals surface area contributed by atoms with Gasteiger partial charge in [-0.05, 0) is 115 Å². The summed E-state index contributed by atoms with van der Waals surface area (Å²) in [4.78, 5) is 30.3. The molecule has 0 radical (unpaired) electrons. The average molecular weight is 747 g/mol. The third-order valence-corrected chi connectivity index (χ3v) is 13.3. The van der Waals surface area contributed by atoms with Crippen LogP contribution in [0.15, 0.2) is 83.3 Å². The number of carbonyl (C=O) groups excluding carboxylic acids is 2. The summed E-state index contributed by atoms with van der Waals surface area (Å²) in [6, 6.07) is 24.6. The quantitative estimate of drug-likeness (QED) is 0.210. The number of hydrogen-bond donors (Lipinski definition) is 1. The Labute approximate surface area is 300 Å². The molecule has 0 aromatic heterocycles. The van der Waals surface area contributed by atoms with E-state index in [1.54, 1.807) is 4.90 Å². The first-order chi connectivity index (χ1) is 23.5. The molecule has 1 N–H and O–H groups in total. The Morgan fingerprint density at radius 1 is 0.857 bits per heavy atom. The number of halogens is 1. The predicted molar refractivity (Wildman–Crippen MR) is 198 cm³/mol. The maximum Gasteiger partial charge on any atom is 0.244 e. The molecule has 8 rings (SSSR count). The molecule has 2 amide bonds. The monoisotopic (exact) mass is 745 g/mol. The Morgan fingerprint density at radius 3 is 2.06 bits per heavy atom. The first-order valence-electron chi connectivity index (χ1n) is 18.0. The van der Waals surface area contributed by atoms with Gasteiger partial charge in [0.1, 0.15) is 12.6 Å². The van der Waals surface area contributed by atoms with E-state index in [4.69, 9.17) is 0 Å². The Balaban J connectivity index is 1.19. The molecule has 5 aliphatic rings. The molecular weight excluding hydrogens is 698 g/mol. The summed E-state index contributed by atoms with van der Waals surface area (Å²) in [5.74, 6) is 1.80. The number of hydrogen-bond acceptors (Lipinski definition) is 4. The van der Waals surface area contributed by atoms with Gasteiger partial charge in [-0.2, -0.15) is 0 Å². The predicted octanol–water partition coefficient (Wildman–Crippen LogP) is 7.38. The molecule has 49 heavy (non-hydrogen) atoms. The lowest BCUT2D eigenvalue weighted by Crippen LogP contribution is -2.54. The summed E-state index contributed by atoms with van der Waals surface area (Å²) in [6.07, 6.45) is 13.2. The Hall–Kier alpha value is -3.17. The van der Waals surface area contributed by atoms with Gasteiger partial charge in [0.15, 0.2) is 0 Å². The van der Waals surface area contributed by atoms with Crippen molar-refractivity contribution in [1.29, 1.82) is 0 Å². The van der Waals surface area contributed by atoms with E-state index in [1.165, 1.54) is 48.4 Å². The topological polar surface area (TPSA) is 86.8 Å². The first-order valence-corrected chi connectivity index (χ1v) is 20.7. The summed E-state index contributed by atoms with van der Waals surface area (Å²) < 4.78 is 28.9. The highest BCUT2D eigenvalue weighted by molar-refractivity contribution is 9.10. The van der Waals surface area contributed by atoms with E-state index >= 15 is 0 Å². The van der Waals surface area contributed by atoms with Gasteiger partial charge in [0.05, 0.1) is 11.9 Å². The first kappa shape index (κ1) is 34.3. The van der Waals surface area contributed by atoms with Gasteiger partial charge in [-0.25, -0.2) is 8.42 Å². The van der Waals surface area contributed by atoms with Crippen molar-refractivity contribution < 1.29 is 18.0 Å². The fraction of sp³-hybridized carbons (Fsp3) is 0.500. The van der Waals surface area contributed by atoms with Crippen LogP contribution in [-0.4, -0.2) is 50.0 Å². The van der Waals surface area contributed by atoms with Crippen LogP contribution >= 0.6 is 15.9 Å². The number of anilines is 1. The number of sulfonamides is 1.